The van der Waals surface area contributed by atoms with Gasteiger partial charge in [0.15, 0.2) is 0 Å². The number of aliphatic carboxylic acids is 2. The Hall–Kier alpha value is -2.77. The van der Waals surface area contributed by atoms with Crippen molar-refractivity contribution in [3.63, 3.8) is 0 Å². The Bertz CT molecular complexity index is 720. The summed E-state index contributed by atoms with van der Waals surface area (Å²) in [5.41, 5.74) is 17.0. The van der Waals surface area contributed by atoms with Crippen molar-refractivity contribution in [1.82, 2.24) is 15.5 Å². The highest BCUT2D eigenvalue weighted by atomic mass is 16.4. The Morgan fingerprint density at radius 1 is 0.912 bits per heavy atom. The number of carboxylic acid groups (broad SMARTS) is 2. The number of amides is 3. The molecule has 0 bridgehead atoms. The molecule has 194 valence electrons. The minimum Gasteiger partial charge on any atom is -0.481 e. The van der Waals surface area contributed by atoms with Gasteiger partial charge in [-0.2, -0.15) is 0 Å². The molecule has 1 aliphatic heterocycles. The lowest BCUT2D eigenvalue weighted by molar-refractivity contribution is -0.148. The summed E-state index contributed by atoms with van der Waals surface area (Å²) in [6.07, 6.45) is 3.33. The van der Waals surface area contributed by atoms with Crippen LogP contribution in [0.3, 0.4) is 0 Å². The van der Waals surface area contributed by atoms with Gasteiger partial charge in [0.05, 0.1) is 12.5 Å². The van der Waals surface area contributed by atoms with Crippen LogP contribution < -0.4 is 27.8 Å². The summed E-state index contributed by atoms with van der Waals surface area (Å²) in [4.78, 5) is 62.1. The quantitative estimate of drug-likeness (QED) is 0.120. The van der Waals surface area contributed by atoms with Crippen molar-refractivity contribution in [3.05, 3.63) is 0 Å². The maximum absolute atomic E-state index is 13.3. The zero-order valence-corrected chi connectivity index (χ0v) is 19.4. The van der Waals surface area contributed by atoms with Crippen molar-refractivity contribution in [2.24, 2.45) is 17.2 Å². The van der Waals surface area contributed by atoms with Crippen LogP contribution in [-0.2, 0) is 24.0 Å². The van der Waals surface area contributed by atoms with Gasteiger partial charge in [-0.15, -0.1) is 0 Å². The minimum atomic E-state index is -1.62. The molecule has 0 aromatic carbocycles. The van der Waals surface area contributed by atoms with E-state index < -0.39 is 60.2 Å². The minimum absolute atomic E-state index is 0.249. The van der Waals surface area contributed by atoms with Gasteiger partial charge in [-0.1, -0.05) is 6.42 Å². The molecule has 1 heterocycles. The second kappa shape index (κ2) is 15.2. The van der Waals surface area contributed by atoms with E-state index in [1.807, 2.05) is 0 Å². The summed E-state index contributed by atoms with van der Waals surface area (Å²) < 4.78 is 0. The third-order valence-electron chi connectivity index (χ3n) is 5.70. The first-order chi connectivity index (χ1) is 16.1. The molecule has 0 spiro atoms. The van der Waals surface area contributed by atoms with Crippen molar-refractivity contribution < 1.29 is 34.2 Å². The molecule has 0 aliphatic carbocycles. The SMILES string of the molecule is NCCCCC(N)C(=O)NC(CCCCN)C(=O)N1CCCC1C(=O)NC(CC(=O)O)C(=O)O. The number of unbranched alkanes of at least 4 members (excludes halogenated alkanes) is 2. The van der Waals surface area contributed by atoms with Gasteiger partial charge in [-0.05, 0) is 58.0 Å². The van der Waals surface area contributed by atoms with Gasteiger partial charge in [0, 0.05) is 6.54 Å². The molecule has 13 nitrogen and oxygen atoms in total. The van der Waals surface area contributed by atoms with Crippen molar-refractivity contribution in [1.29, 1.82) is 0 Å². The van der Waals surface area contributed by atoms with Crippen molar-refractivity contribution >= 4 is 29.7 Å². The number of hydrogen-bond donors (Lipinski definition) is 7. The number of likely N-dealkylation sites (tertiary alicyclic amines) is 1. The molecule has 0 saturated carbocycles. The van der Waals surface area contributed by atoms with Crippen LogP contribution in [0.4, 0.5) is 0 Å². The fourth-order valence-electron chi connectivity index (χ4n) is 3.81. The lowest BCUT2D eigenvalue weighted by Crippen LogP contribution is -2.56. The Kier molecular flexibility index (Phi) is 13.1. The highest BCUT2D eigenvalue weighted by Crippen LogP contribution is 2.20. The highest BCUT2D eigenvalue weighted by molar-refractivity contribution is 5.95. The number of nitrogens with two attached hydrogens (primary N) is 3. The molecular weight excluding hydrogens is 448 g/mol. The first-order valence-corrected chi connectivity index (χ1v) is 11.6. The van der Waals surface area contributed by atoms with Crippen LogP contribution in [0.25, 0.3) is 0 Å². The molecule has 0 radical (unpaired) electrons. The zero-order valence-electron chi connectivity index (χ0n) is 19.4. The third kappa shape index (κ3) is 9.61. The molecule has 4 atom stereocenters. The average molecular weight is 487 g/mol. The lowest BCUT2D eigenvalue weighted by Gasteiger charge is -2.30. The van der Waals surface area contributed by atoms with E-state index >= 15 is 0 Å². The number of hydrogen-bond acceptors (Lipinski definition) is 8. The molecule has 0 aromatic heterocycles. The molecule has 1 aliphatic rings. The smallest absolute Gasteiger partial charge is 0.326 e. The van der Waals surface area contributed by atoms with Gasteiger partial charge >= 0.3 is 11.9 Å². The molecule has 10 N–H and O–H groups in total. The molecule has 1 rings (SSSR count). The van der Waals surface area contributed by atoms with E-state index in [0.29, 0.717) is 58.0 Å². The topological polar surface area (TPSA) is 231 Å². The summed E-state index contributed by atoms with van der Waals surface area (Å²) >= 11 is 0. The Balaban J connectivity index is 2.90. The maximum Gasteiger partial charge on any atom is 0.326 e. The first kappa shape index (κ1) is 29.3. The van der Waals surface area contributed by atoms with E-state index in [9.17, 15) is 29.1 Å². The normalized spacial score (nSPS) is 18.1. The standard InChI is InChI=1S/C21H38N6O7/c22-9-3-1-6-13(24)18(30)25-14(7-2-4-10-23)20(32)27-11-5-8-16(27)19(31)26-15(21(33)34)12-17(28)29/h13-16H,1-12,22-24H2,(H,25,30)(H,26,31)(H,28,29)(H,33,34). The van der Waals surface area contributed by atoms with Gasteiger partial charge < -0.3 is 42.9 Å². The maximum atomic E-state index is 13.3. The number of carboxylic acids is 2. The average Bonchev–Trinajstić information content (AvgIpc) is 3.27. The molecule has 4 unspecified atom stereocenters. The van der Waals surface area contributed by atoms with E-state index in [-0.39, 0.29) is 6.54 Å². The number of rotatable bonds is 16. The molecule has 13 heteroatoms. The predicted molar refractivity (Wildman–Crippen MR) is 122 cm³/mol. The van der Waals surface area contributed by atoms with Crippen molar-refractivity contribution in [2.75, 3.05) is 19.6 Å². The van der Waals surface area contributed by atoms with E-state index in [0.717, 1.165) is 6.42 Å². The Morgan fingerprint density at radius 3 is 2.09 bits per heavy atom. The van der Waals surface area contributed by atoms with E-state index in [1.54, 1.807) is 0 Å². The van der Waals surface area contributed by atoms with Crippen molar-refractivity contribution in [3.8, 4) is 0 Å². The monoisotopic (exact) mass is 486 g/mol. The number of nitrogens with zero attached hydrogens (tertiary/aromatic N) is 1. The van der Waals surface area contributed by atoms with Crippen LogP contribution in [0.1, 0.15) is 57.8 Å². The largest absolute Gasteiger partial charge is 0.481 e. The number of nitrogens with one attached hydrogen (secondary N) is 2. The summed E-state index contributed by atoms with van der Waals surface area (Å²) in [7, 11) is 0. The second-order valence-electron chi connectivity index (χ2n) is 8.42. The summed E-state index contributed by atoms with van der Waals surface area (Å²) in [5, 5.41) is 23.0. The fraction of sp³-hybridized carbons (Fsp3) is 0.762. The van der Waals surface area contributed by atoms with Gasteiger partial charge in [0.2, 0.25) is 17.7 Å². The predicted octanol–water partition coefficient (Wildman–Crippen LogP) is -1.91. The first-order valence-electron chi connectivity index (χ1n) is 11.6. The summed E-state index contributed by atoms with van der Waals surface area (Å²) in [6, 6.07) is -4.30. The van der Waals surface area contributed by atoms with Crippen LogP contribution in [0, 0.1) is 0 Å². The van der Waals surface area contributed by atoms with Crippen LogP contribution in [-0.4, -0.2) is 88.6 Å². The Labute approximate surface area is 198 Å². The molecule has 34 heavy (non-hydrogen) atoms. The van der Waals surface area contributed by atoms with Crippen LogP contribution >= 0.6 is 0 Å². The van der Waals surface area contributed by atoms with Crippen LogP contribution in [0.15, 0.2) is 0 Å². The van der Waals surface area contributed by atoms with E-state index in [4.69, 9.17) is 22.3 Å². The van der Waals surface area contributed by atoms with Gasteiger partial charge in [-0.25, -0.2) is 4.79 Å². The molecule has 0 aromatic rings. The Morgan fingerprint density at radius 2 is 1.53 bits per heavy atom. The van der Waals surface area contributed by atoms with Gasteiger partial charge in [0.25, 0.3) is 0 Å². The number of carbonyl (C=O) groups excluding carboxylic acids is 3. The summed E-state index contributed by atoms with van der Waals surface area (Å²) in [6.45, 7) is 1.16. The van der Waals surface area contributed by atoms with Crippen molar-refractivity contribution in [2.45, 2.75) is 82.0 Å². The van der Waals surface area contributed by atoms with E-state index in [1.165, 1.54) is 4.90 Å². The highest BCUT2D eigenvalue weighted by Gasteiger charge is 2.39. The van der Waals surface area contributed by atoms with Gasteiger partial charge in [0.1, 0.15) is 18.1 Å². The molecule has 1 saturated heterocycles. The lowest BCUT2D eigenvalue weighted by atomic mass is 10.0. The third-order valence-corrected chi connectivity index (χ3v) is 5.70. The molecule has 3 amide bonds. The molecule has 1 fully saturated rings. The zero-order chi connectivity index (χ0) is 25.7. The molecular formula is C21H38N6O7. The van der Waals surface area contributed by atoms with Crippen LogP contribution in [0.5, 0.6) is 0 Å². The second-order valence-corrected chi connectivity index (χ2v) is 8.42. The van der Waals surface area contributed by atoms with Gasteiger partial charge in [-0.3, -0.25) is 19.2 Å². The fourth-order valence-corrected chi connectivity index (χ4v) is 3.81. The number of carbonyl (C=O) groups is 5. The summed E-state index contributed by atoms with van der Waals surface area (Å²) in [5.74, 6) is -4.55. The van der Waals surface area contributed by atoms with E-state index in [2.05, 4.69) is 10.6 Å². The van der Waals surface area contributed by atoms with Crippen LogP contribution in [0.2, 0.25) is 0 Å².